The van der Waals surface area contributed by atoms with Crippen LogP contribution in [0.2, 0.25) is 0 Å². The fourth-order valence-electron chi connectivity index (χ4n) is 1.51. The molecule has 2 heterocycles. The Morgan fingerprint density at radius 2 is 2.40 bits per heavy atom. The normalized spacial score (nSPS) is 25.1. The van der Waals surface area contributed by atoms with Crippen molar-refractivity contribution in [3.05, 3.63) is 22.8 Å². The third-order valence-electron chi connectivity index (χ3n) is 2.22. The van der Waals surface area contributed by atoms with Crippen LogP contribution in [0.4, 0.5) is 5.82 Å². The number of nitrogens with one attached hydrogen (secondary N) is 1. The van der Waals surface area contributed by atoms with E-state index in [1.165, 1.54) is 0 Å². The number of halogens is 1. The number of hydrogen-bond acceptors (Lipinski definition) is 4. The van der Waals surface area contributed by atoms with Crippen molar-refractivity contribution in [2.45, 2.75) is 25.5 Å². The molecule has 1 aliphatic heterocycles. The van der Waals surface area contributed by atoms with Gasteiger partial charge in [0.05, 0.1) is 0 Å². The summed E-state index contributed by atoms with van der Waals surface area (Å²) < 4.78 is 5.94. The highest BCUT2D eigenvalue weighted by Gasteiger charge is 2.31. The number of carbonyl (C=O) groups is 1. The molecule has 5 heteroatoms. The average molecular weight is 271 g/mol. The summed E-state index contributed by atoms with van der Waals surface area (Å²) in [5.74, 6) is 0.487. The Balaban J connectivity index is 2.03. The second-order valence-electron chi connectivity index (χ2n) is 3.54. The zero-order valence-electron chi connectivity index (χ0n) is 8.24. The Hall–Kier alpha value is -1.10. The van der Waals surface area contributed by atoms with Crippen LogP contribution in [0.5, 0.6) is 0 Å². The molecule has 2 unspecified atom stereocenters. The van der Waals surface area contributed by atoms with Gasteiger partial charge in [-0.05, 0) is 35.0 Å². The number of cyclic esters (lactones) is 1. The molecule has 1 aromatic rings. The number of rotatable bonds is 2. The summed E-state index contributed by atoms with van der Waals surface area (Å²) in [6.45, 7) is 1.88. The maximum atomic E-state index is 11.3. The minimum Gasteiger partial charge on any atom is -0.461 e. The van der Waals surface area contributed by atoms with E-state index in [0.717, 1.165) is 4.47 Å². The lowest BCUT2D eigenvalue weighted by Crippen LogP contribution is -2.24. The average Bonchev–Trinajstić information content (AvgIpc) is 2.49. The van der Waals surface area contributed by atoms with Crippen LogP contribution in [0.25, 0.3) is 0 Å². The Labute approximate surface area is 96.2 Å². The van der Waals surface area contributed by atoms with Crippen molar-refractivity contribution in [1.29, 1.82) is 0 Å². The molecule has 1 saturated heterocycles. The zero-order valence-corrected chi connectivity index (χ0v) is 9.82. The molecule has 0 spiro atoms. The van der Waals surface area contributed by atoms with Gasteiger partial charge in [-0.2, -0.15) is 0 Å². The Bertz CT molecular complexity index is 366. The maximum absolute atomic E-state index is 11.3. The molecule has 1 aliphatic rings. The van der Waals surface area contributed by atoms with E-state index in [9.17, 15) is 4.79 Å². The fourth-order valence-corrected chi connectivity index (χ4v) is 1.75. The Kier molecular flexibility index (Phi) is 2.90. The monoisotopic (exact) mass is 270 g/mol. The summed E-state index contributed by atoms with van der Waals surface area (Å²) in [7, 11) is 0. The van der Waals surface area contributed by atoms with Crippen LogP contribution >= 0.6 is 15.9 Å². The number of pyridine rings is 1. The van der Waals surface area contributed by atoms with Crippen LogP contribution in [0.3, 0.4) is 0 Å². The molecule has 4 nitrogen and oxygen atoms in total. The van der Waals surface area contributed by atoms with Crippen molar-refractivity contribution in [1.82, 2.24) is 4.98 Å². The zero-order chi connectivity index (χ0) is 10.8. The van der Waals surface area contributed by atoms with Crippen LogP contribution < -0.4 is 5.32 Å². The summed E-state index contributed by atoms with van der Waals surface area (Å²) in [6.07, 6.45) is 2.37. The van der Waals surface area contributed by atoms with Crippen LogP contribution in [0.15, 0.2) is 22.8 Å². The predicted octanol–water partition coefficient (Wildman–Crippen LogP) is 1.96. The molecule has 0 radical (unpaired) electrons. The summed E-state index contributed by atoms with van der Waals surface area (Å²) in [6, 6.07) is 3.42. The largest absolute Gasteiger partial charge is 0.461 e. The Morgan fingerprint density at radius 3 is 2.93 bits per heavy atom. The molecular formula is C10H11BrN2O2. The van der Waals surface area contributed by atoms with Crippen molar-refractivity contribution in [2.24, 2.45) is 0 Å². The molecule has 1 aromatic heterocycles. The first-order valence-corrected chi connectivity index (χ1v) is 5.53. The SMILES string of the molecule is CC1CC(Nc2ccc(Br)cn2)C(=O)O1. The van der Waals surface area contributed by atoms with E-state index in [2.05, 4.69) is 26.2 Å². The third-order valence-corrected chi connectivity index (χ3v) is 2.69. The molecule has 1 N–H and O–H groups in total. The van der Waals surface area contributed by atoms with Gasteiger partial charge in [0.2, 0.25) is 0 Å². The number of aromatic nitrogens is 1. The van der Waals surface area contributed by atoms with Crippen molar-refractivity contribution in [3.8, 4) is 0 Å². The van der Waals surface area contributed by atoms with Gasteiger partial charge in [0.25, 0.3) is 0 Å². The number of esters is 1. The van der Waals surface area contributed by atoms with Gasteiger partial charge >= 0.3 is 5.97 Å². The van der Waals surface area contributed by atoms with Crippen LogP contribution in [-0.2, 0) is 9.53 Å². The lowest BCUT2D eigenvalue weighted by molar-refractivity contribution is -0.141. The lowest BCUT2D eigenvalue weighted by Gasteiger charge is -2.08. The second kappa shape index (κ2) is 4.18. The standard InChI is InChI=1S/C10H11BrN2O2/c1-6-4-8(10(14)15-6)13-9-3-2-7(11)5-12-9/h2-3,5-6,8H,4H2,1H3,(H,12,13). The highest BCUT2D eigenvalue weighted by Crippen LogP contribution is 2.18. The first-order valence-electron chi connectivity index (χ1n) is 4.74. The van der Waals surface area contributed by atoms with Crippen LogP contribution in [0, 0.1) is 0 Å². The fraction of sp³-hybridized carbons (Fsp3) is 0.400. The van der Waals surface area contributed by atoms with E-state index in [1.807, 2.05) is 19.1 Å². The smallest absolute Gasteiger partial charge is 0.329 e. The molecule has 0 aliphatic carbocycles. The maximum Gasteiger partial charge on any atom is 0.329 e. The molecule has 0 amide bonds. The second-order valence-corrected chi connectivity index (χ2v) is 4.46. The molecule has 1 fully saturated rings. The van der Waals surface area contributed by atoms with Crippen molar-refractivity contribution < 1.29 is 9.53 Å². The van der Waals surface area contributed by atoms with Gasteiger partial charge in [0.15, 0.2) is 0 Å². The molecule has 80 valence electrons. The third kappa shape index (κ3) is 2.47. The van der Waals surface area contributed by atoms with Gasteiger partial charge < -0.3 is 10.1 Å². The summed E-state index contributed by atoms with van der Waals surface area (Å²) in [5, 5.41) is 3.04. The van der Waals surface area contributed by atoms with E-state index in [0.29, 0.717) is 12.2 Å². The number of nitrogens with zero attached hydrogens (tertiary/aromatic N) is 1. The van der Waals surface area contributed by atoms with Crippen molar-refractivity contribution >= 4 is 27.7 Å². The topological polar surface area (TPSA) is 51.2 Å². The van der Waals surface area contributed by atoms with Crippen molar-refractivity contribution in [2.75, 3.05) is 5.32 Å². The first kappa shape index (κ1) is 10.4. The first-order chi connectivity index (χ1) is 7.15. The molecular weight excluding hydrogens is 260 g/mol. The van der Waals surface area contributed by atoms with E-state index < -0.39 is 0 Å². The molecule has 0 saturated carbocycles. The van der Waals surface area contributed by atoms with Gasteiger partial charge in [-0.1, -0.05) is 0 Å². The molecule has 0 aromatic carbocycles. The summed E-state index contributed by atoms with van der Waals surface area (Å²) in [4.78, 5) is 15.5. The Morgan fingerprint density at radius 1 is 1.60 bits per heavy atom. The van der Waals surface area contributed by atoms with E-state index in [4.69, 9.17) is 4.74 Å². The van der Waals surface area contributed by atoms with Gasteiger partial charge in [-0.15, -0.1) is 0 Å². The van der Waals surface area contributed by atoms with Gasteiger partial charge in [-0.3, -0.25) is 0 Å². The minimum absolute atomic E-state index is 0.00884. The number of ether oxygens (including phenoxy) is 1. The quantitative estimate of drug-likeness (QED) is 0.835. The van der Waals surface area contributed by atoms with Crippen LogP contribution in [0.1, 0.15) is 13.3 Å². The number of anilines is 1. The molecule has 2 rings (SSSR count). The molecule has 15 heavy (non-hydrogen) atoms. The van der Waals surface area contributed by atoms with Gasteiger partial charge in [0, 0.05) is 17.1 Å². The highest BCUT2D eigenvalue weighted by molar-refractivity contribution is 9.10. The predicted molar refractivity (Wildman–Crippen MR) is 59.5 cm³/mol. The summed E-state index contributed by atoms with van der Waals surface area (Å²) in [5.41, 5.74) is 0. The molecule has 2 atom stereocenters. The van der Waals surface area contributed by atoms with E-state index >= 15 is 0 Å². The van der Waals surface area contributed by atoms with E-state index in [1.54, 1.807) is 6.20 Å². The number of hydrogen-bond donors (Lipinski definition) is 1. The minimum atomic E-state index is -0.270. The van der Waals surface area contributed by atoms with Crippen LogP contribution in [-0.4, -0.2) is 23.1 Å². The van der Waals surface area contributed by atoms with E-state index in [-0.39, 0.29) is 18.1 Å². The summed E-state index contributed by atoms with van der Waals surface area (Å²) >= 11 is 3.30. The molecule has 0 bridgehead atoms. The number of carbonyl (C=O) groups excluding carboxylic acids is 1. The van der Waals surface area contributed by atoms with Gasteiger partial charge in [-0.25, -0.2) is 9.78 Å². The van der Waals surface area contributed by atoms with Crippen molar-refractivity contribution in [3.63, 3.8) is 0 Å². The lowest BCUT2D eigenvalue weighted by atomic mass is 10.2. The van der Waals surface area contributed by atoms with Gasteiger partial charge in [0.1, 0.15) is 18.0 Å². The highest BCUT2D eigenvalue weighted by atomic mass is 79.9.